The van der Waals surface area contributed by atoms with E-state index in [9.17, 15) is 9.50 Å². The summed E-state index contributed by atoms with van der Waals surface area (Å²) in [7, 11) is 1.53. The number of methoxy groups -OCH3 is 1. The molecule has 0 aromatic heterocycles. The van der Waals surface area contributed by atoms with Gasteiger partial charge in [-0.05, 0) is 50.1 Å². The Morgan fingerprint density at radius 2 is 2.04 bits per heavy atom. The van der Waals surface area contributed by atoms with Crippen LogP contribution in [0.5, 0.6) is 17.2 Å². The summed E-state index contributed by atoms with van der Waals surface area (Å²) < 4.78 is 24.1. The molecule has 152 valence electrons. The van der Waals surface area contributed by atoms with Crippen LogP contribution >= 0.6 is 0 Å². The van der Waals surface area contributed by atoms with Crippen LogP contribution in [0.2, 0.25) is 0 Å². The lowest BCUT2D eigenvalue weighted by atomic mass is 10.1. The summed E-state index contributed by atoms with van der Waals surface area (Å²) in [6.07, 6.45) is 0.551. The molecule has 0 aliphatic heterocycles. The number of aromatic hydroxyl groups is 1. The van der Waals surface area contributed by atoms with Gasteiger partial charge in [0.25, 0.3) is 0 Å². The Morgan fingerprint density at radius 1 is 1.21 bits per heavy atom. The molecule has 0 heterocycles. The Labute approximate surface area is 165 Å². The van der Waals surface area contributed by atoms with Gasteiger partial charge in [-0.25, -0.2) is 9.38 Å². The summed E-state index contributed by atoms with van der Waals surface area (Å²) in [6, 6.07) is 11.4. The molecule has 0 saturated heterocycles. The molecule has 28 heavy (non-hydrogen) atoms. The van der Waals surface area contributed by atoms with Gasteiger partial charge < -0.3 is 25.2 Å². The first-order valence-corrected chi connectivity index (χ1v) is 9.32. The highest BCUT2D eigenvalue weighted by Gasteiger charge is 2.06. The van der Waals surface area contributed by atoms with Crippen molar-refractivity contribution in [3.8, 4) is 17.2 Å². The molecule has 0 aliphatic rings. The van der Waals surface area contributed by atoms with Crippen molar-refractivity contribution in [3.05, 3.63) is 53.8 Å². The third-order valence-electron chi connectivity index (χ3n) is 3.93. The number of nitrogens with zero attached hydrogens (tertiary/aromatic N) is 1. The van der Waals surface area contributed by atoms with Crippen molar-refractivity contribution >= 4 is 5.96 Å². The van der Waals surface area contributed by atoms with Crippen LogP contribution in [0.3, 0.4) is 0 Å². The van der Waals surface area contributed by atoms with Gasteiger partial charge in [0.15, 0.2) is 17.5 Å². The molecule has 0 amide bonds. The molecule has 0 fully saturated rings. The highest BCUT2D eigenvalue weighted by Crippen LogP contribution is 2.26. The van der Waals surface area contributed by atoms with Crippen molar-refractivity contribution in [2.45, 2.75) is 26.4 Å². The summed E-state index contributed by atoms with van der Waals surface area (Å²) >= 11 is 0. The van der Waals surface area contributed by atoms with Crippen molar-refractivity contribution < 1.29 is 19.0 Å². The summed E-state index contributed by atoms with van der Waals surface area (Å²) in [5.74, 6) is 1.43. The number of nitrogens with one attached hydrogen (secondary N) is 2. The fourth-order valence-corrected chi connectivity index (χ4v) is 2.57. The van der Waals surface area contributed by atoms with Gasteiger partial charge >= 0.3 is 0 Å². The quantitative estimate of drug-likeness (QED) is 0.454. The van der Waals surface area contributed by atoms with Gasteiger partial charge in [-0.15, -0.1) is 0 Å². The van der Waals surface area contributed by atoms with E-state index in [1.54, 1.807) is 18.2 Å². The van der Waals surface area contributed by atoms with E-state index >= 15 is 0 Å². The molecule has 0 radical (unpaired) electrons. The minimum atomic E-state index is -0.325. The maximum Gasteiger partial charge on any atom is 0.191 e. The van der Waals surface area contributed by atoms with Gasteiger partial charge in [0.05, 0.1) is 13.7 Å². The fourth-order valence-electron chi connectivity index (χ4n) is 2.57. The maximum absolute atomic E-state index is 13.2. The predicted molar refractivity (Wildman–Crippen MR) is 109 cm³/mol. The number of phenolic OH excluding ortho intramolecular Hbond substituents is 1. The average molecular weight is 389 g/mol. The van der Waals surface area contributed by atoms with E-state index in [1.807, 2.05) is 26.0 Å². The van der Waals surface area contributed by atoms with Crippen molar-refractivity contribution in [1.29, 1.82) is 0 Å². The standard InChI is InChI=1S/C21H28FN3O3/c1-4-23-21(24-11-10-16-8-9-19(26)20(12-16)27-3)25-14-15(2)28-18-7-5-6-17(22)13-18/h5-9,12-13,15,26H,4,10-11,14H2,1-3H3,(H2,23,24,25). The summed E-state index contributed by atoms with van der Waals surface area (Å²) in [5, 5.41) is 16.1. The van der Waals surface area contributed by atoms with Gasteiger partial charge in [0, 0.05) is 19.2 Å². The Balaban J connectivity index is 1.85. The summed E-state index contributed by atoms with van der Waals surface area (Å²) in [6.45, 7) is 5.71. The van der Waals surface area contributed by atoms with Crippen LogP contribution in [0.1, 0.15) is 19.4 Å². The van der Waals surface area contributed by atoms with Crippen LogP contribution in [-0.4, -0.2) is 43.9 Å². The van der Waals surface area contributed by atoms with Crippen LogP contribution < -0.4 is 20.1 Å². The van der Waals surface area contributed by atoms with Gasteiger partial charge in [0.1, 0.15) is 17.7 Å². The number of rotatable bonds is 9. The molecule has 0 bridgehead atoms. The highest BCUT2D eigenvalue weighted by molar-refractivity contribution is 5.79. The number of hydrogen-bond donors (Lipinski definition) is 3. The summed E-state index contributed by atoms with van der Waals surface area (Å²) in [4.78, 5) is 4.52. The molecule has 3 N–H and O–H groups in total. The minimum absolute atomic E-state index is 0.126. The molecule has 2 rings (SSSR count). The topological polar surface area (TPSA) is 75.1 Å². The first-order chi connectivity index (χ1) is 13.5. The van der Waals surface area contributed by atoms with Gasteiger partial charge in [-0.2, -0.15) is 0 Å². The molecule has 1 atom stereocenters. The molecule has 1 unspecified atom stereocenters. The number of phenols is 1. The second-order valence-electron chi connectivity index (χ2n) is 6.29. The smallest absolute Gasteiger partial charge is 0.191 e. The number of aliphatic imine (C=N–C) groups is 1. The Hall–Kier alpha value is -2.96. The van der Waals surface area contributed by atoms with Crippen LogP contribution in [0.25, 0.3) is 0 Å². The van der Waals surface area contributed by atoms with E-state index in [4.69, 9.17) is 9.47 Å². The fraction of sp³-hybridized carbons (Fsp3) is 0.381. The number of ether oxygens (including phenoxy) is 2. The molecule has 0 aliphatic carbocycles. The number of hydrogen-bond acceptors (Lipinski definition) is 4. The van der Waals surface area contributed by atoms with Crippen LogP contribution in [0, 0.1) is 5.82 Å². The second-order valence-corrected chi connectivity index (χ2v) is 6.29. The zero-order chi connectivity index (χ0) is 20.4. The van der Waals surface area contributed by atoms with Crippen LogP contribution in [0.15, 0.2) is 47.5 Å². The molecule has 2 aromatic carbocycles. The lowest BCUT2D eigenvalue weighted by molar-refractivity contribution is 0.229. The molecular weight excluding hydrogens is 361 g/mol. The normalized spacial score (nSPS) is 12.4. The molecule has 0 spiro atoms. The third-order valence-corrected chi connectivity index (χ3v) is 3.93. The predicted octanol–water partition coefficient (Wildman–Crippen LogP) is 3.11. The van der Waals surface area contributed by atoms with Crippen LogP contribution in [-0.2, 0) is 6.42 Å². The zero-order valence-corrected chi connectivity index (χ0v) is 16.5. The van der Waals surface area contributed by atoms with Crippen molar-refractivity contribution in [2.24, 2.45) is 4.99 Å². The lowest BCUT2D eigenvalue weighted by Gasteiger charge is -2.15. The van der Waals surface area contributed by atoms with Crippen molar-refractivity contribution in [1.82, 2.24) is 10.6 Å². The number of guanidine groups is 1. The van der Waals surface area contributed by atoms with Crippen molar-refractivity contribution in [2.75, 3.05) is 26.7 Å². The Bertz CT molecular complexity index is 783. The first-order valence-electron chi connectivity index (χ1n) is 9.32. The third kappa shape index (κ3) is 6.98. The van der Waals surface area contributed by atoms with E-state index < -0.39 is 0 Å². The monoisotopic (exact) mass is 389 g/mol. The highest BCUT2D eigenvalue weighted by atomic mass is 19.1. The van der Waals surface area contributed by atoms with Gasteiger partial charge in [0.2, 0.25) is 0 Å². The minimum Gasteiger partial charge on any atom is -0.504 e. The number of benzene rings is 2. The molecule has 6 nitrogen and oxygen atoms in total. The zero-order valence-electron chi connectivity index (χ0n) is 16.5. The van der Waals surface area contributed by atoms with Gasteiger partial charge in [-0.3, -0.25) is 0 Å². The molecular formula is C21H28FN3O3. The largest absolute Gasteiger partial charge is 0.504 e. The molecule has 2 aromatic rings. The van der Waals surface area contributed by atoms with E-state index in [1.165, 1.54) is 19.2 Å². The second kappa shape index (κ2) is 11.0. The summed E-state index contributed by atoms with van der Waals surface area (Å²) in [5.41, 5.74) is 1.04. The number of halogens is 1. The van der Waals surface area contributed by atoms with E-state index in [-0.39, 0.29) is 17.7 Å². The van der Waals surface area contributed by atoms with E-state index in [0.717, 1.165) is 18.5 Å². The van der Waals surface area contributed by atoms with E-state index in [2.05, 4.69) is 15.6 Å². The Morgan fingerprint density at radius 3 is 2.75 bits per heavy atom. The average Bonchev–Trinajstić information content (AvgIpc) is 2.67. The van der Waals surface area contributed by atoms with E-state index in [0.29, 0.717) is 30.5 Å². The molecule has 7 heteroatoms. The van der Waals surface area contributed by atoms with Gasteiger partial charge in [-0.1, -0.05) is 12.1 Å². The Kier molecular flexibility index (Phi) is 8.39. The lowest BCUT2D eigenvalue weighted by Crippen LogP contribution is -2.39. The van der Waals surface area contributed by atoms with Crippen LogP contribution in [0.4, 0.5) is 4.39 Å². The SMILES string of the molecule is CCNC(=NCC(C)Oc1cccc(F)c1)NCCc1ccc(O)c(OC)c1. The van der Waals surface area contributed by atoms with Crippen molar-refractivity contribution in [3.63, 3.8) is 0 Å². The maximum atomic E-state index is 13.2. The first kappa shape index (κ1) is 21.3. The molecule has 0 saturated carbocycles.